The molecule has 1 aliphatic heterocycles. The lowest BCUT2D eigenvalue weighted by Gasteiger charge is -2.32. The maximum absolute atomic E-state index is 12.9. The second kappa shape index (κ2) is 7.03. The minimum atomic E-state index is -3.91. The van der Waals surface area contributed by atoms with Crippen molar-refractivity contribution in [1.29, 1.82) is 0 Å². The van der Waals surface area contributed by atoms with Crippen LogP contribution in [0.2, 0.25) is 0 Å². The van der Waals surface area contributed by atoms with Crippen molar-refractivity contribution in [2.45, 2.75) is 17.6 Å². The third-order valence-corrected chi connectivity index (χ3v) is 6.16. The highest BCUT2D eigenvalue weighted by molar-refractivity contribution is 7.92. The molecule has 1 N–H and O–H groups in total. The second-order valence-corrected chi connectivity index (χ2v) is 8.58. The molecule has 1 atom stereocenters. The van der Waals surface area contributed by atoms with Gasteiger partial charge in [0, 0.05) is 23.1 Å². The summed E-state index contributed by atoms with van der Waals surface area (Å²) in [6, 6.07) is 12.2. The van der Waals surface area contributed by atoms with Gasteiger partial charge in [-0.25, -0.2) is 0 Å². The van der Waals surface area contributed by atoms with Crippen LogP contribution in [-0.4, -0.2) is 47.2 Å². The summed E-state index contributed by atoms with van der Waals surface area (Å²) in [5.41, 5.74) is 1.73. The number of hydrogen-bond donors (Lipinski definition) is 1. The van der Waals surface area contributed by atoms with Crippen LogP contribution < -0.4 is 14.2 Å². The van der Waals surface area contributed by atoms with E-state index < -0.39 is 10.0 Å². The number of hydrogen-bond acceptors (Lipinski definition) is 6. The molecule has 1 aliphatic rings. The molecule has 2 heterocycles. The molecule has 1 aromatic heterocycles. The zero-order valence-electron chi connectivity index (χ0n) is 15.9. The second-order valence-electron chi connectivity index (χ2n) is 6.96. The molecule has 28 heavy (non-hydrogen) atoms. The lowest BCUT2D eigenvalue weighted by atomic mass is 10.00. The van der Waals surface area contributed by atoms with Crippen LogP contribution in [0, 0.1) is 0 Å². The summed E-state index contributed by atoms with van der Waals surface area (Å²) < 4.78 is 45.3. The molecule has 0 saturated carbocycles. The Morgan fingerprint density at radius 2 is 1.96 bits per heavy atom. The third-order valence-electron chi connectivity index (χ3n) is 4.94. The molecule has 2 aromatic carbocycles. The first-order chi connectivity index (χ1) is 13.4. The van der Waals surface area contributed by atoms with Crippen molar-refractivity contribution >= 4 is 26.7 Å². The third kappa shape index (κ3) is 3.29. The Morgan fingerprint density at radius 1 is 1.18 bits per heavy atom. The fourth-order valence-corrected chi connectivity index (χ4v) is 4.36. The topological polar surface area (TPSA) is 81.0 Å². The van der Waals surface area contributed by atoms with Crippen LogP contribution in [0.15, 0.2) is 52.0 Å². The van der Waals surface area contributed by atoms with E-state index in [0.29, 0.717) is 35.8 Å². The Balaban J connectivity index is 1.71. The monoisotopic (exact) mass is 402 g/mol. The number of furan rings is 1. The number of benzene rings is 2. The van der Waals surface area contributed by atoms with Gasteiger partial charge < -0.3 is 18.8 Å². The van der Waals surface area contributed by atoms with E-state index in [-0.39, 0.29) is 11.1 Å². The Hall–Kier alpha value is -2.71. The zero-order chi connectivity index (χ0) is 19.9. The van der Waals surface area contributed by atoms with Crippen LogP contribution in [-0.2, 0) is 16.4 Å². The van der Waals surface area contributed by atoms with Crippen LogP contribution in [0.4, 0.5) is 5.69 Å². The Kier molecular flexibility index (Phi) is 4.68. The van der Waals surface area contributed by atoms with Crippen molar-refractivity contribution in [1.82, 2.24) is 4.90 Å². The van der Waals surface area contributed by atoms with Crippen LogP contribution in [0.3, 0.4) is 0 Å². The van der Waals surface area contributed by atoms with Gasteiger partial charge in [0.1, 0.15) is 23.7 Å². The molecule has 8 heteroatoms. The number of ether oxygens (including phenoxy) is 2. The summed E-state index contributed by atoms with van der Waals surface area (Å²) in [6.07, 6.45) is 0.700. The number of methoxy groups -OCH3 is 1. The number of sulfonamides is 1. The average molecular weight is 402 g/mol. The van der Waals surface area contributed by atoms with E-state index in [9.17, 15) is 8.42 Å². The first-order valence-electron chi connectivity index (χ1n) is 8.89. The smallest absolute Gasteiger partial charge is 0.295 e. The van der Waals surface area contributed by atoms with E-state index in [0.717, 1.165) is 10.9 Å². The van der Waals surface area contributed by atoms with Crippen LogP contribution in [0.5, 0.6) is 11.5 Å². The summed E-state index contributed by atoms with van der Waals surface area (Å²) in [6.45, 7) is 0.465. The number of fused-ring (bicyclic) bond motifs is 2. The maximum Gasteiger partial charge on any atom is 0.295 e. The van der Waals surface area contributed by atoms with Crippen molar-refractivity contribution in [3.05, 3.63) is 48.0 Å². The van der Waals surface area contributed by atoms with Gasteiger partial charge in [0.15, 0.2) is 0 Å². The first-order valence-corrected chi connectivity index (χ1v) is 10.4. The SMILES string of the molecule is COc1ccc(NS(=O)(=O)c2cc3ccccc3o2)c2c1C[C@@H](N(C)C)CO2. The highest BCUT2D eigenvalue weighted by Crippen LogP contribution is 2.40. The fourth-order valence-electron chi connectivity index (χ4n) is 3.33. The highest BCUT2D eigenvalue weighted by atomic mass is 32.2. The van der Waals surface area contributed by atoms with Gasteiger partial charge in [-0.1, -0.05) is 18.2 Å². The molecule has 0 fully saturated rings. The summed E-state index contributed by atoms with van der Waals surface area (Å²) in [5, 5.41) is 0.588. The molecular formula is C20H22N2O5S. The molecule has 0 bridgehead atoms. The lowest BCUT2D eigenvalue weighted by molar-refractivity contribution is 0.164. The van der Waals surface area contributed by atoms with Crippen LogP contribution >= 0.6 is 0 Å². The van der Waals surface area contributed by atoms with Gasteiger partial charge in [0.2, 0.25) is 5.09 Å². The molecule has 4 rings (SSSR count). The molecule has 0 radical (unpaired) electrons. The van der Waals surface area contributed by atoms with Gasteiger partial charge in [-0.2, -0.15) is 8.42 Å². The lowest BCUT2D eigenvalue weighted by Crippen LogP contribution is -2.38. The van der Waals surface area contributed by atoms with Gasteiger partial charge in [0.25, 0.3) is 10.0 Å². The van der Waals surface area contributed by atoms with E-state index in [4.69, 9.17) is 13.9 Å². The van der Waals surface area contributed by atoms with Crippen molar-refractivity contribution in [2.75, 3.05) is 32.5 Å². The standard InChI is InChI=1S/C20H22N2O5S/c1-22(2)14-11-15-18(25-3)9-8-16(20(15)26-12-14)21-28(23,24)19-10-13-6-4-5-7-17(13)27-19/h4-10,14,21H,11-12H2,1-3H3/t14-/m1/s1. The van der Waals surface area contributed by atoms with Crippen molar-refractivity contribution in [3.63, 3.8) is 0 Å². The molecule has 0 amide bonds. The Bertz CT molecular complexity index is 1090. The zero-order valence-corrected chi connectivity index (χ0v) is 16.7. The number of rotatable bonds is 5. The number of nitrogens with one attached hydrogen (secondary N) is 1. The molecule has 0 aliphatic carbocycles. The highest BCUT2D eigenvalue weighted by Gasteiger charge is 2.29. The van der Waals surface area contributed by atoms with Crippen LogP contribution in [0.25, 0.3) is 11.0 Å². The first kappa shape index (κ1) is 18.6. The predicted molar refractivity (Wildman–Crippen MR) is 107 cm³/mol. The summed E-state index contributed by atoms with van der Waals surface area (Å²) >= 11 is 0. The summed E-state index contributed by atoms with van der Waals surface area (Å²) in [5.74, 6) is 1.17. The predicted octanol–water partition coefficient (Wildman–Crippen LogP) is 3.11. The van der Waals surface area contributed by atoms with E-state index >= 15 is 0 Å². The van der Waals surface area contributed by atoms with E-state index in [1.165, 1.54) is 6.07 Å². The van der Waals surface area contributed by atoms with Crippen molar-refractivity contribution in [3.8, 4) is 11.5 Å². The molecule has 0 unspecified atom stereocenters. The summed E-state index contributed by atoms with van der Waals surface area (Å²) in [4.78, 5) is 2.08. The molecule has 0 saturated heterocycles. The summed E-state index contributed by atoms with van der Waals surface area (Å²) in [7, 11) is 1.66. The Labute approximate surface area is 163 Å². The van der Waals surface area contributed by atoms with Crippen LogP contribution in [0.1, 0.15) is 5.56 Å². The normalized spacial score (nSPS) is 16.6. The van der Waals surface area contributed by atoms with Gasteiger partial charge in [0.05, 0.1) is 12.8 Å². The van der Waals surface area contributed by atoms with E-state index in [1.807, 2.05) is 20.2 Å². The van der Waals surface area contributed by atoms with E-state index in [1.54, 1.807) is 37.4 Å². The molecular weight excluding hydrogens is 380 g/mol. The number of anilines is 1. The minimum Gasteiger partial charge on any atom is -0.496 e. The van der Waals surface area contributed by atoms with Gasteiger partial charge in [-0.3, -0.25) is 4.72 Å². The number of para-hydroxylation sites is 1. The molecule has 7 nitrogen and oxygen atoms in total. The molecule has 148 valence electrons. The largest absolute Gasteiger partial charge is 0.496 e. The minimum absolute atomic E-state index is 0.139. The van der Waals surface area contributed by atoms with E-state index in [2.05, 4.69) is 9.62 Å². The average Bonchev–Trinajstić information content (AvgIpc) is 3.13. The number of nitrogens with zero attached hydrogens (tertiary/aromatic N) is 1. The maximum atomic E-state index is 12.9. The van der Waals surface area contributed by atoms with Gasteiger partial charge in [-0.15, -0.1) is 0 Å². The van der Waals surface area contributed by atoms with Gasteiger partial charge >= 0.3 is 0 Å². The molecule has 3 aromatic rings. The van der Waals surface area contributed by atoms with Crippen molar-refractivity contribution < 1.29 is 22.3 Å². The van der Waals surface area contributed by atoms with Gasteiger partial charge in [-0.05, 0) is 38.7 Å². The van der Waals surface area contributed by atoms with Crippen molar-refractivity contribution in [2.24, 2.45) is 0 Å². The number of likely N-dealkylation sites (N-methyl/N-ethyl adjacent to an activating group) is 1. The fraction of sp³-hybridized carbons (Fsp3) is 0.300. The quantitative estimate of drug-likeness (QED) is 0.706. The Morgan fingerprint density at radius 3 is 2.68 bits per heavy atom. The molecule has 0 spiro atoms.